The molecule has 1 fully saturated rings. The number of carbonyl (C=O) groups is 2. The van der Waals surface area contributed by atoms with E-state index in [-0.39, 0.29) is 30.5 Å². The lowest BCUT2D eigenvalue weighted by atomic mass is 9.82. The first-order valence-corrected chi connectivity index (χ1v) is 5.49. The second-order valence-electron chi connectivity index (χ2n) is 4.46. The average Bonchev–Trinajstić information content (AvgIpc) is 2.15. The van der Waals surface area contributed by atoms with Gasteiger partial charge in [-0.05, 0) is 12.8 Å². The Balaban J connectivity index is 2.75. The van der Waals surface area contributed by atoms with E-state index in [0.717, 1.165) is 0 Å². The number of hydrogen-bond donors (Lipinski definition) is 1. The van der Waals surface area contributed by atoms with Gasteiger partial charge in [0.1, 0.15) is 6.10 Å². The number of rotatable bonds is 3. The van der Waals surface area contributed by atoms with Crippen molar-refractivity contribution in [1.29, 1.82) is 0 Å². The highest BCUT2D eigenvalue weighted by atomic mass is 16.6. The van der Waals surface area contributed by atoms with E-state index in [2.05, 4.69) is 10.1 Å². The molecule has 1 heterocycles. The molecule has 1 aliphatic rings. The minimum Gasteiger partial charge on any atom is -0.469 e. The summed E-state index contributed by atoms with van der Waals surface area (Å²) in [5, 5.41) is 2.68. The predicted molar refractivity (Wildman–Crippen MR) is 57.8 cm³/mol. The van der Waals surface area contributed by atoms with Crippen molar-refractivity contribution in [2.75, 3.05) is 7.11 Å². The number of ether oxygens (including phenoxy) is 2. The largest absolute Gasteiger partial charge is 0.469 e. The van der Waals surface area contributed by atoms with Gasteiger partial charge in [-0.2, -0.15) is 0 Å². The van der Waals surface area contributed by atoms with Crippen LogP contribution in [0.15, 0.2) is 0 Å². The van der Waals surface area contributed by atoms with Crippen molar-refractivity contribution in [1.82, 2.24) is 5.32 Å². The van der Waals surface area contributed by atoms with Crippen molar-refractivity contribution >= 4 is 12.1 Å². The van der Waals surface area contributed by atoms with Gasteiger partial charge in [-0.1, -0.05) is 13.8 Å². The van der Waals surface area contributed by atoms with Gasteiger partial charge in [0.15, 0.2) is 0 Å². The van der Waals surface area contributed by atoms with Gasteiger partial charge in [0, 0.05) is 12.0 Å². The molecule has 0 aliphatic carbocycles. The SMILES string of the molecule is COC(=O)C[C@H]1NC(=O)O[C@@H](C)[C@@H]1C(C)C. The molecule has 0 aromatic rings. The minimum absolute atomic E-state index is 0.122. The first kappa shape index (κ1) is 12.8. The van der Waals surface area contributed by atoms with Gasteiger partial charge < -0.3 is 14.8 Å². The molecule has 1 N–H and O–H groups in total. The molecule has 92 valence electrons. The smallest absolute Gasteiger partial charge is 0.407 e. The number of nitrogens with one attached hydrogen (secondary N) is 1. The summed E-state index contributed by atoms with van der Waals surface area (Å²) in [6.45, 7) is 5.95. The molecular weight excluding hydrogens is 210 g/mol. The van der Waals surface area contributed by atoms with Crippen LogP contribution in [-0.2, 0) is 14.3 Å². The van der Waals surface area contributed by atoms with Crippen molar-refractivity contribution in [3.05, 3.63) is 0 Å². The first-order chi connectivity index (χ1) is 7.45. The van der Waals surface area contributed by atoms with E-state index >= 15 is 0 Å². The van der Waals surface area contributed by atoms with E-state index < -0.39 is 6.09 Å². The molecule has 0 radical (unpaired) electrons. The van der Waals surface area contributed by atoms with E-state index in [1.54, 1.807) is 0 Å². The van der Waals surface area contributed by atoms with E-state index in [4.69, 9.17) is 4.74 Å². The van der Waals surface area contributed by atoms with Gasteiger partial charge in [-0.3, -0.25) is 4.79 Å². The highest BCUT2D eigenvalue weighted by Gasteiger charge is 2.38. The van der Waals surface area contributed by atoms with Crippen LogP contribution < -0.4 is 5.32 Å². The van der Waals surface area contributed by atoms with Crippen molar-refractivity contribution in [2.45, 2.75) is 39.3 Å². The zero-order valence-electron chi connectivity index (χ0n) is 10.1. The van der Waals surface area contributed by atoms with Gasteiger partial charge in [0.2, 0.25) is 0 Å². The Morgan fingerprint density at radius 1 is 1.56 bits per heavy atom. The molecule has 16 heavy (non-hydrogen) atoms. The summed E-state index contributed by atoms with van der Waals surface area (Å²) in [5.74, 6) is 0.132. The van der Waals surface area contributed by atoms with Crippen molar-refractivity contribution in [3.63, 3.8) is 0 Å². The standard InChI is InChI=1S/C11H19NO4/c1-6(2)10-7(3)16-11(14)12-8(10)5-9(13)15-4/h6-8,10H,5H2,1-4H3,(H,12,14)/t7-,8+,10-/m0/s1. The van der Waals surface area contributed by atoms with Crippen LogP contribution in [0, 0.1) is 11.8 Å². The van der Waals surface area contributed by atoms with E-state index in [9.17, 15) is 9.59 Å². The Kier molecular flexibility index (Phi) is 4.15. The van der Waals surface area contributed by atoms with Crippen LogP contribution in [0.1, 0.15) is 27.2 Å². The second-order valence-corrected chi connectivity index (χ2v) is 4.46. The molecule has 1 amide bonds. The molecule has 1 rings (SSSR count). The molecule has 5 nitrogen and oxygen atoms in total. The molecular formula is C11H19NO4. The van der Waals surface area contributed by atoms with Crippen molar-refractivity contribution < 1.29 is 19.1 Å². The van der Waals surface area contributed by atoms with Crippen LogP contribution >= 0.6 is 0 Å². The highest BCUT2D eigenvalue weighted by molar-refractivity contribution is 5.73. The number of cyclic esters (lactones) is 1. The molecule has 0 bridgehead atoms. The van der Waals surface area contributed by atoms with Crippen LogP contribution in [0.2, 0.25) is 0 Å². The fourth-order valence-electron chi connectivity index (χ4n) is 2.31. The molecule has 1 saturated heterocycles. The fraction of sp³-hybridized carbons (Fsp3) is 0.818. The van der Waals surface area contributed by atoms with Gasteiger partial charge in [-0.15, -0.1) is 0 Å². The summed E-state index contributed by atoms with van der Waals surface area (Å²) < 4.78 is 9.72. The molecule has 5 heteroatoms. The van der Waals surface area contributed by atoms with E-state index in [0.29, 0.717) is 5.92 Å². The predicted octanol–water partition coefficient (Wildman–Crippen LogP) is 1.32. The third-order valence-corrected chi connectivity index (χ3v) is 2.99. The Morgan fingerprint density at radius 3 is 2.69 bits per heavy atom. The van der Waals surface area contributed by atoms with Gasteiger partial charge >= 0.3 is 12.1 Å². The van der Waals surface area contributed by atoms with Crippen LogP contribution in [-0.4, -0.2) is 31.3 Å². The maximum atomic E-state index is 11.2. The summed E-state index contributed by atoms with van der Waals surface area (Å²) in [5.41, 5.74) is 0. The minimum atomic E-state index is -0.460. The van der Waals surface area contributed by atoms with Gasteiger partial charge in [0.25, 0.3) is 0 Å². The zero-order valence-corrected chi connectivity index (χ0v) is 10.1. The first-order valence-electron chi connectivity index (χ1n) is 5.49. The van der Waals surface area contributed by atoms with Crippen LogP contribution in [0.25, 0.3) is 0 Å². The lowest BCUT2D eigenvalue weighted by molar-refractivity contribution is -0.142. The van der Waals surface area contributed by atoms with E-state index in [1.807, 2.05) is 20.8 Å². The molecule has 3 atom stereocenters. The number of hydrogen-bond acceptors (Lipinski definition) is 4. The van der Waals surface area contributed by atoms with E-state index in [1.165, 1.54) is 7.11 Å². The summed E-state index contributed by atoms with van der Waals surface area (Å²) in [6.07, 6.45) is -0.444. The molecule has 0 aromatic heterocycles. The summed E-state index contributed by atoms with van der Waals surface area (Å²) in [6, 6.07) is -0.205. The monoisotopic (exact) mass is 229 g/mol. The Labute approximate surface area is 95.5 Å². The number of methoxy groups -OCH3 is 1. The van der Waals surface area contributed by atoms with Gasteiger partial charge in [-0.25, -0.2) is 4.79 Å². The Morgan fingerprint density at radius 2 is 2.19 bits per heavy atom. The number of carbonyl (C=O) groups excluding carboxylic acids is 2. The molecule has 0 spiro atoms. The molecule has 0 aromatic carbocycles. The summed E-state index contributed by atoms with van der Waals surface area (Å²) >= 11 is 0. The quantitative estimate of drug-likeness (QED) is 0.741. The normalized spacial score (nSPS) is 29.6. The molecule has 1 aliphatic heterocycles. The Bertz CT molecular complexity index is 277. The molecule has 0 unspecified atom stereocenters. The van der Waals surface area contributed by atoms with Crippen molar-refractivity contribution in [2.24, 2.45) is 11.8 Å². The lowest BCUT2D eigenvalue weighted by Gasteiger charge is -2.38. The maximum absolute atomic E-state index is 11.2. The van der Waals surface area contributed by atoms with Gasteiger partial charge in [0.05, 0.1) is 13.5 Å². The van der Waals surface area contributed by atoms with Crippen molar-refractivity contribution in [3.8, 4) is 0 Å². The third-order valence-electron chi connectivity index (χ3n) is 2.99. The lowest BCUT2D eigenvalue weighted by Crippen LogP contribution is -2.54. The van der Waals surface area contributed by atoms with Crippen LogP contribution in [0.5, 0.6) is 0 Å². The van der Waals surface area contributed by atoms with Crippen LogP contribution in [0.4, 0.5) is 4.79 Å². The number of alkyl carbamates (subject to hydrolysis) is 1. The average molecular weight is 229 g/mol. The van der Waals surface area contributed by atoms with Crippen LogP contribution in [0.3, 0.4) is 0 Å². The highest BCUT2D eigenvalue weighted by Crippen LogP contribution is 2.27. The number of esters is 1. The maximum Gasteiger partial charge on any atom is 0.407 e. The zero-order chi connectivity index (χ0) is 12.3. The topological polar surface area (TPSA) is 64.6 Å². The fourth-order valence-corrected chi connectivity index (χ4v) is 2.31. The third kappa shape index (κ3) is 2.87. The summed E-state index contributed by atoms with van der Waals surface area (Å²) in [7, 11) is 1.34. The number of amides is 1. The Hall–Kier alpha value is -1.26. The summed E-state index contributed by atoms with van der Waals surface area (Å²) in [4.78, 5) is 22.5. The molecule has 0 saturated carbocycles. The second kappa shape index (κ2) is 5.18.